The Labute approximate surface area is 219 Å². The Hall–Kier alpha value is -3.56. The van der Waals surface area contributed by atoms with E-state index in [-0.39, 0.29) is 34.5 Å². The number of carbonyl (C=O) groups is 1. The summed E-state index contributed by atoms with van der Waals surface area (Å²) in [7, 11) is 3.35. The molecule has 0 unspecified atom stereocenters. The van der Waals surface area contributed by atoms with E-state index in [1.54, 1.807) is 54.4 Å². The second-order valence-electron chi connectivity index (χ2n) is 9.75. The van der Waals surface area contributed by atoms with Crippen molar-refractivity contribution in [3.8, 4) is 28.0 Å². The van der Waals surface area contributed by atoms with Crippen molar-refractivity contribution in [3.05, 3.63) is 63.8 Å². The number of phenols is 1. The molecule has 8 nitrogen and oxygen atoms in total. The summed E-state index contributed by atoms with van der Waals surface area (Å²) in [5.74, 6) is -0.683. The van der Waals surface area contributed by atoms with Crippen molar-refractivity contribution in [2.24, 2.45) is 12.8 Å². The van der Waals surface area contributed by atoms with Gasteiger partial charge in [-0.05, 0) is 48.7 Å². The van der Waals surface area contributed by atoms with Gasteiger partial charge in [-0.1, -0.05) is 17.7 Å². The average Bonchev–Trinajstić information content (AvgIpc) is 3.19. The largest absolute Gasteiger partial charge is 0.507 e. The molecule has 2 amide bonds. The molecule has 3 aromatic rings. The Morgan fingerprint density at radius 2 is 1.73 bits per heavy atom. The lowest BCUT2D eigenvalue weighted by Crippen LogP contribution is -2.45. The normalized spacial score (nSPS) is 18.1. The van der Waals surface area contributed by atoms with Crippen molar-refractivity contribution in [2.75, 3.05) is 43.0 Å². The summed E-state index contributed by atoms with van der Waals surface area (Å²) in [4.78, 5) is 30.5. The van der Waals surface area contributed by atoms with Gasteiger partial charge in [-0.3, -0.25) is 9.69 Å². The van der Waals surface area contributed by atoms with E-state index in [2.05, 4.69) is 0 Å². The molecule has 194 valence electrons. The van der Waals surface area contributed by atoms with Gasteiger partial charge in [-0.15, -0.1) is 0 Å². The van der Waals surface area contributed by atoms with Crippen molar-refractivity contribution in [3.63, 3.8) is 0 Å². The van der Waals surface area contributed by atoms with Crippen LogP contribution in [0.1, 0.15) is 12.8 Å². The van der Waals surface area contributed by atoms with Crippen LogP contribution in [0, 0.1) is 5.82 Å². The van der Waals surface area contributed by atoms with Crippen LogP contribution in [0.5, 0.6) is 5.75 Å². The zero-order valence-electron chi connectivity index (χ0n) is 20.7. The lowest BCUT2D eigenvalue weighted by molar-refractivity contribution is 0.229. The molecule has 37 heavy (non-hydrogen) atoms. The number of benzene rings is 2. The Kier molecular flexibility index (Phi) is 6.59. The minimum absolute atomic E-state index is 0.0275. The van der Waals surface area contributed by atoms with E-state index in [9.17, 15) is 19.1 Å². The van der Waals surface area contributed by atoms with Crippen molar-refractivity contribution in [2.45, 2.75) is 18.9 Å². The number of likely N-dealkylation sites (N-methyl/N-ethyl adjacent to an activating group) is 1. The van der Waals surface area contributed by atoms with E-state index in [1.807, 2.05) is 4.90 Å². The molecule has 2 saturated heterocycles. The second kappa shape index (κ2) is 9.72. The topological polar surface area (TPSA) is 95.0 Å². The van der Waals surface area contributed by atoms with Crippen LogP contribution in [-0.4, -0.2) is 59.9 Å². The minimum Gasteiger partial charge on any atom is -0.507 e. The third-order valence-corrected chi connectivity index (χ3v) is 7.42. The molecule has 2 aliphatic rings. The Morgan fingerprint density at radius 3 is 2.38 bits per heavy atom. The van der Waals surface area contributed by atoms with Crippen molar-refractivity contribution in [1.29, 1.82) is 0 Å². The summed E-state index contributed by atoms with van der Waals surface area (Å²) in [6.07, 6.45) is 3.36. The molecular formula is C27H29ClFN5O3. The number of anilines is 2. The second-order valence-corrected chi connectivity index (χ2v) is 10.2. The molecule has 0 saturated carbocycles. The van der Waals surface area contributed by atoms with Crippen LogP contribution < -0.4 is 21.1 Å². The van der Waals surface area contributed by atoms with Crippen LogP contribution in [0.2, 0.25) is 5.02 Å². The van der Waals surface area contributed by atoms with Crippen LogP contribution in [-0.2, 0) is 7.05 Å². The molecule has 1 aromatic heterocycles. The van der Waals surface area contributed by atoms with Gasteiger partial charge in [0.25, 0.3) is 5.56 Å². The highest BCUT2D eigenvalue weighted by atomic mass is 35.5. The molecule has 3 N–H and O–H groups in total. The van der Waals surface area contributed by atoms with Gasteiger partial charge in [0.15, 0.2) is 0 Å². The van der Waals surface area contributed by atoms with Crippen molar-refractivity contribution >= 4 is 29.0 Å². The van der Waals surface area contributed by atoms with E-state index in [0.29, 0.717) is 53.7 Å². The standard InChI is InChI=1S/C27H29ClFN5O3/c1-31-8-9-34(27(31)37)23-6-5-16(10-22(23)28)20-12-18(29)13-21(25(20)35)17-11-24(26(36)32(2)14-17)33-7-3-4-19(30)15-33/h5-6,10-14,19,35H,3-4,7-9,15,30H2,1-2H3/t19-/m0/s1. The van der Waals surface area contributed by atoms with Gasteiger partial charge in [-0.2, -0.15) is 0 Å². The highest BCUT2D eigenvalue weighted by Crippen LogP contribution is 2.41. The highest BCUT2D eigenvalue weighted by molar-refractivity contribution is 6.34. The zero-order valence-corrected chi connectivity index (χ0v) is 21.5. The van der Waals surface area contributed by atoms with Crippen LogP contribution in [0.4, 0.5) is 20.6 Å². The van der Waals surface area contributed by atoms with Crippen LogP contribution in [0.3, 0.4) is 0 Å². The number of nitrogens with two attached hydrogens (primary N) is 1. The first-order valence-electron chi connectivity index (χ1n) is 12.2. The third kappa shape index (κ3) is 4.65. The SMILES string of the molecule is CN1CCN(c2ccc(-c3cc(F)cc(-c4cc(N5CCC[C@H](N)C5)c(=O)n(C)c4)c3O)cc2Cl)C1=O. The molecule has 10 heteroatoms. The molecule has 0 spiro atoms. The Morgan fingerprint density at radius 1 is 1.00 bits per heavy atom. The molecule has 2 aliphatic heterocycles. The monoisotopic (exact) mass is 525 g/mol. The maximum atomic E-state index is 14.9. The minimum atomic E-state index is -0.547. The van der Waals surface area contributed by atoms with E-state index < -0.39 is 5.82 Å². The summed E-state index contributed by atoms with van der Waals surface area (Å²) >= 11 is 6.54. The fourth-order valence-electron chi connectivity index (χ4n) is 5.10. The van der Waals surface area contributed by atoms with Gasteiger partial charge in [0, 0.05) is 69.2 Å². The van der Waals surface area contributed by atoms with E-state index in [4.69, 9.17) is 17.3 Å². The number of amides is 2. The van der Waals surface area contributed by atoms with Gasteiger partial charge in [-0.25, -0.2) is 9.18 Å². The fourth-order valence-corrected chi connectivity index (χ4v) is 5.38. The first-order chi connectivity index (χ1) is 17.6. The van der Waals surface area contributed by atoms with Gasteiger partial charge in [0.2, 0.25) is 0 Å². The smallest absolute Gasteiger partial charge is 0.324 e. The zero-order chi connectivity index (χ0) is 26.4. The number of hydrogen-bond acceptors (Lipinski definition) is 5. The number of aromatic hydroxyl groups is 1. The number of halogens is 2. The van der Waals surface area contributed by atoms with Gasteiger partial charge < -0.3 is 25.2 Å². The molecular weight excluding hydrogens is 497 g/mol. The van der Waals surface area contributed by atoms with Crippen molar-refractivity contribution < 1.29 is 14.3 Å². The molecule has 0 radical (unpaired) electrons. The summed E-state index contributed by atoms with van der Waals surface area (Å²) in [6, 6.07) is 9.01. The van der Waals surface area contributed by atoms with Crippen molar-refractivity contribution in [1.82, 2.24) is 9.47 Å². The first-order valence-corrected chi connectivity index (χ1v) is 12.6. The average molecular weight is 526 g/mol. The maximum absolute atomic E-state index is 14.9. The number of nitrogens with zero attached hydrogens (tertiary/aromatic N) is 4. The summed E-state index contributed by atoms with van der Waals surface area (Å²) in [5.41, 5.74) is 8.48. The number of hydrogen-bond donors (Lipinski definition) is 2. The number of phenolic OH excluding ortho intramolecular Hbond substituents is 1. The molecule has 5 rings (SSSR count). The summed E-state index contributed by atoms with van der Waals surface area (Å²) in [5, 5.41) is 11.6. The Balaban J connectivity index is 1.56. The quantitative estimate of drug-likeness (QED) is 0.536. The first kappa shape index (κ1) is 25.1. The number of pyridine rings is 1. The van der Waals surface area contributed by atoms with Crippen LogP contribution >= 0.6 is 11.6 Å². The molecule has 0 bridgehead atoms. The highest BCUT2D eigenvalue weighted by Gasteiger charge is 2.28. The van der Waals surface area contributed by atoms with Gasteiger partial charge in [0.05, 0.1) is 10.7 Å². The number of carbonyl (C=O) groups excluding carboxylic acids is 1. The molecule has 2 fully saturated rings. The fraction of sp³-hybridized carbons (Fsp3) is 0.333. The molecule has 0 aliphatic carbocycles. The van der Waals surface area contributed by atoms with E-state index in [1.165, 1.54) is 16.7 Å². The summed E-state index contributed by atoms with van der Waals surface area (Å²) in [6.45, 7) is 2.36. The maximum Gasteiger partial charge on any atom is 0.324 e. The number of aromatic nitrogens is 1. The number of aryl methyl sites for hydroxylation is 1. The number of piperidine rings is 1. The van der Waals surface area contributed by atoms with Crippen LogP contribution in [0.25, 0.3) is 22.3 Å². The lowest BCUT2D eigenvalue weighted by Gasteiger charge is -2.32. The predicted octanol–water partition coefficient (Wildman–Crippen LogP) is 4.02. The lowest BCUT2D eigenvalue weighted by atomic mass is 9.97. The summed E-state index contributed by atoms with van der Waals surface area (Å²) < 4.78 is 16.3. The van der Waals surface area contributed by atoms with Gasteiger partial charge in [0.1, 0.15) is 17.3 Å². The molecule has 2 aromatic carbocycles. The van der Waals surface area contributed by atoms with Crippen LogP contribution in [0.15, 0.2) is 47.4 Å². The van der Waals surface area contributed by atoms with E-state index in [0.717, 1.165) is 12.8 Å². The predicted molar refractivity (Wildman–Crippen MR) is 144 cm³/mol. The molecule has 1 atom stereocenters. The third-order valence-electron chi connectivity index (χ3n) is 7.11. The Bertz CT molecular complexity index is 1440. The molecule has 3 heterocycles. The number of urea groups is 1. The number of rotatable bonds is 4. The van der Waals surface area contributed by atoms with Gasteiger partial charge >= 0.3 is 6.03 Å². The van der Waals surface area contributed by atoms with E-state index >= 15 is 0 Å².